The van der Waals surface area contributed by atoms with Gasteiger partial charge in [0.1, 0.15) is 18.0 Å². The molecule has 1 aromatic carbocycles. The van der Waals surface area contributed by atoms with Crippen LogP contribution in [0.25, 0.3) is 0 Å². The van der Waals surface area contributed by atoms with Crippen LogP contribution >= 0.6 is 11.6 Å². The largest absolute Gasteiger partial charge is 0.381 e. The molecule has 0 spiro atoms. The number of hydrogen-bond donors (Lipinski definition) is 0. The molecule has 1 aromatic heterocycles. The molecule has 4 nitrogen and oxygen atoms in total. The maximum Gasteiger partial charge on any atom is 0.132 e. The second kappa shape index (κ2) is 7.23. The number of nitrogens with zero attached hydrogens (tertiary/aromatic N) is 3. The van der Waals surface area contributed by atoms with Gasteiger partial charge in [0.05, 0.1) is 12.3 Å². The Morgan fingerprint density at radius 3 is 2.96 bits per heavy atom. The normalized spacial score (nSPS) is 17.4. The highest BCUT2D eigenvalue weighted by Crippen LogP contribution is 2.27. The Morgan fingerprint density at radius 2 is 2.26 bits per heavy atom. The Balaban J connectivity index is 1.84. The molecule has 1 atom stereocenters. The van der Waals surface area contributed by atoms with Crippen LogP contribution in [0.4, 0.5) is 10.2 Å². The predicted molar refractivity (Wildman–Crippen MR) is 88.3 cm³/mol. The van der Waals surface area contributed by atoms with Crippen LogP contribution in [0.3, 0.4) is 0 Å². The number of anilines is 1. The molecule has 122 valence electrons. The third-order valence-electron chi connectivity index (χ3n) is 4.14. The van der Waals surface area contributed by atoms with Gasteiger partial charge in [-0.05, 0) is 25.5 Å². The number of benzene rings is 1. The van der Waals surface area contributed by atoms with Crippen molar-refractivity contribution in [3.63, 3.8) is 0 Å². The molecule has 1 fully saturated rings. The van der Waals surface area contributed by atoms with Gasteiger partial charge >= 0.3 is 0 Å². The zero-order valence-electron chi connectivity index (χ0n) is 13.0. The minimum atomic E-state index is -0.297. The summed E-state index contributed by atoms with van der Waals surface area (Å²) in [5, 5.41) is 0.432. The Morgan fingerprint density at radius 1 is 1.39 bits per heavy atom. The molecule has 0 saturated carbocycles. The lowest BCUT2D eigenvalue weighted by Gasteiger charge is -2.23. The summed E-state index contributed by atoms with van der Waals surface area (Å²) in [5.74, 6) is 0.797. The molecule has 0 radical (unpaired) electrons. The van der Waals surface area contributed by atoms with E-state index in [1.54, 1.807) is 18.5 Å². The highest BCUT2D eigenvalue weighted by molar-refractivity contribution is 6.31. The third kappa shape index (κ3) is 3.62. The molecular formula is C17H19ClFN3O. The molecule has 2 aromatic rings. The predicted octanol–water partition coefficient (Wildman–Crippen LogP) is 3.80. The van der Waals surface area contributed by atoms with Crippen LogP contribution in [0.15, 0.2) is 30.6 Å². The van der Waals surface area contributed by atoms with Crippen molar-refractivity contribution in [1.82, 2.24) is 9.97 Å². The van der Waals surface area contributed by atoms with E-state index >= 15 is 0 Å². The lowest BCUT2D eigenvalue weighted by Crippen LogP contribution is -2.24. The summed E-state index contributed by atoms with van der Waals surface area (Å²) >= 11 is 6.14. The molecule has 2 heterocycles. The average Bonchev–Trinajstić information content (AvgIpc) is 3.09. The summed E-state index contributed by atoms with van der Waals surface area (Å²) < 4.78 is 19.5. The van der Waals surface area contributed by atoms with Crippen LogP contribution in [0.2, 0.25) is 5.02 Å². The molecule has 1 saturated heterocycles. The summed E-state index contributed by atoms with van der Waals surface area (Å²) in [6, 6.07) is 6.71. The highest BCUT2D eigenvalue weighted by atomic mass is 35.5. The van der Waals surface area contributed by atoms with Gasteiger partial charge in [-0.25, -0.2) is 14.4 Å². The quantitative estimate of drug-likeness (QED) is 0.833. The van der Waals surface area contributed by atoms with Gasteiger partial charge in [-0.1, -0.05) is 17.7 Å². The van der Waals surface area contributed by atoms with E-state index in [9.17, 15) is 4.39 Å². The molecule has 3 rings (SSSR count). The van der Waals surface area contributed by atoms with Crippen molar-refractivity contribution < 1.29 is 9.13 Å². The summed E-state index contributed by atoms with van der Waals surface area (Å²) in [6.45, 7) is 4.55. The van der Waals surface area contributed by atoms with E-state index in [4.69, 9.17) is 16.3 Å². The first-order valence-electron chi connectivity index (χ1n) is 7.76. The molecule has 0 amide bonds. The van der Waals surface area contributed by atoms with Crippen LogP contribution in [0.5, 0.6) is 0 Å². The zero-order chi connectivity index (χ0) is 16.2. The van der Waals surface area contributed by atoms with Gasteiger partial charge in [0.15, 0.2) is 0 Å². The highest BCUT2D eigenvalue weighted by Gasteiger charge is 2.21. The van der Waals surface area contributed by atoms with Crippen LogP contribution < -0.4 is 4.90 Å². The first-order chi connectivity index (χ1) is 11.2. The minimum Gasteiger partial charge on any atom is -0.381 e. The Labute approximate surface area is 140 Å². The van der Waals surface area contributed by atoms with Crippen molar-refractivity contribution in [3.8, 4) is 0 Å². The fourth-order valence-electron chi connectivity index (χ4n) is 2.75. The van der Waals surface area contributed by atoms with Crippen LogP contribution in [-0.4, -0.2) is 29.7 Å². The van der Waals surface area contributed by atoms with Gasteiger partial charge in [0.2, 0.25) is 0 Å². The second-order valence-corrected chi connectivity index (χ2v) is 5.98. The fraction of sp³-hybridized carbons (Fsp3) is 0.412. The summed E-state index contributed by atoms with van der Waals surface area (Å²) in [4.78, 5) is 10.7. The Hall–Kier alpha value is -1.72. The Kier molecular flexibility index (Phi) is 5.08. The molecule has 0 N–H and O–H groups in total. The second-order valence-electron chi connectivity index (χ2n) is 5.58. The number of halogens is 2. The van der Waals surface area contributed by atoms with Crippen molar-refractivity contribution in [1.29, 1.82) is 0 Å². The van der Waals surface area contributed by atoms with Crippen LogP contribution in [0, 0.1) is 5.82 Å². The van der Waals surface area contributed by atoms with Crippen molar-refractivity contribution in [2.75, 3.05) is 24.7 Å². The van der Waals surface area contributed by atoms with E-state index in [0.29, 0.717) is 36.2 Å². The molecule has 1 aliphatic heterocycles. The standard InChI is InChI=1S/C17H19ClFN3O/c1-2-22(9-13-14(18)4-3-5-15(13)19)17-8-16(20-11-21-17)12-6-7-23-10-12/h3-5,8,11-12H,2,6-7,9-10H2,1H3. The third-order valence-corrected chi connectivity index (χ3v) is 4.49. The first-order valence-corrected chi connectivity index (χ1v) is 8.14. The molecule has 0 aliphatic carbocycles. The van der Waals surface area contributed by atoms with Crippen molar-refractivity contribution >= 4 is 17.4 Å². The van der Waals surface area contributed by atoms with Gasteiger partial charge in [-0.2, -0.15) is 0 Å². The number of rotatable bonds is 5. The zero-order valence-corrected chi connectivity index (χ0v) is 13.8. The summed E-state index contributed by atoms with van der Waals surface area (Å²) in [5.41, 5.74) is 1.46. The number of ether oxygens (including phenoxy) is 1. The van der Waals surface area contributed by atoms with Crippen molar-refractivity contribution in [3.05, 3.63) is 52.7 Å². The van der Waals surface area contributed by atoms with E-state index in [1.807, 2.05) is 17.9 Å². The molecule has 0 bridgehead atoms. The topological polar surface area (TPSA) is 38.2 Å². The van der Waals surface area contributed by atoms with Crippen molar-refractivity contribution in [2.45, 2.75) is 25.8 Å². The van der Waals surface area contributed by atoms with E-state index in [-0.39, 0.29) is 5.82 Å². The Bertz CT molecular complexity index is 656. The van der Waals surface area contributed by atoms with Gasteiger partial charge in [0, 0.05) is 42.3 Å². The van der Waals surface area contributed by atoms with Crippen LogP contribution in [-0.2, 0) is 11.3 Å². The van der Waals surface area contributed by atoms with E-state index in [0.717, 1.165) is 24.5 Å². The smallest absolute Gasteiger partial charge is 0.132 e. The summed E-state index contributed by atoms with van der Waals surface area (Å²) in [6.07, 6.45) is 2.54. The van der Waals surface area contributed by atoms with Gasteiger partial charge in [-0.15, -0.1) is 0 Å². The molecular weight excluding hydrogens is 317 g/mol. The van der Waals surface area contributed by atoms with E-state index in [1.165, 1.54) is 6.07 Å². The maximum atomic E-state index is 14.0. The van der Waals surface area contributed by atoms with E-state index < -0.39 is 0 Å². The van der Waals surface area contributed by atoms with Crippen LogP contribution in [0.1, 0.15) is 30.5 Å². The van der Waals surface area contributed by atoms with Gasteiger partial charge in [0.25, 0.3) is 0 Å². The minimum absolute atomic E-state index is 0.297. The SMILES string of the molecule is CCN(Cc1c(F)cccc1Cl)c1cc(C2CCOC2)ncn1. The fourth-order valence-corrected chi connectivity index (χ4v) is 2.98. The maximum absolute atomic E-state index is 14.0. The summed E-state index contributed by atoms with van der Waals surface area (Å²) in [7, 11) is 0. The molecule has 1 unspecified atom stereocenters. The van der Waals surface area contributed by atoms with Gasteiger partial charge < -0.3 is 9.64 Å². The molecule has 23 heavy (non-hydrogen) atoms. The van der Waals surface area contributed by atoms with Gasteiger partial charge in [-0.3, -0.25) is 0 Å². The first kappa shape index (κ1) is 16.1. The lowest BCUT2D eigenvalue weighted by molar-refractivity contribution is 0.193. The monoisotopic (exact) mass is 335 g/mol. The number of hydrogen-bond acceptors (Lipinski definition) is 4. The van der Waals surface area contributed by atoms with Crippen molar-refractivity contribution in [2.24, 2.45) is 0 Å². The molecule has 6 heteroatoms. The van der Waals surface area contributed by atoms with E-state index in [2.05, 4.69) is 9.97 Å². The molecule has 1 aliphatic rings. The lowest BCUT2D eigenvalue weighted by atomic mass is 10.0. The average molecular weight is 336 g/mol. The number of aromatic nitrogens is 2.